The van der Waals surface area contributed by atoms with Crippen molar-refractivity contribution in [3.05, 3.63) is 17.0 Å². The summed E-state index contributed by atoms with van der Waals surface area (Å²) in [7, 11) is 0. The number of ether oxygens (including phenoxy) is 1. The largest absolute Gasteiger partial charge is 0.444 e. The Morgan fingerprint density at radius 3 is 2.67 bits per heavy atom. The van der Waals surface area contributed by atoms with Crippen molar-refractivity contribution >= 4 is 23.5 Å². The minimum absolute atomic E-state index is 0.0237. The van der Waals surface area contributed by atoms with Crippen LogP contribution in [0, 0.1) is 0 Å². The van der Waals surface area contributed by atoms with Crippen LogP contribution in [0.5, 0.6) is 0 Å². The zero-order chi connectivity index (χ0) is 16.2. The second kappa shape index (κ2) is 6.88. The van der Waals surface area contributed by atoms with Gasteiger partial charge in [-0.25, -0.2) is 9.78 Å². The molecule has 0 aliphatic rings. The number of carbonyl (C=O) groups excluding carboxylic acids is 1. The molecule has 1 amide bonds. The summed E-state index contributed by atoms with van der Waals surface area (Å²) in [5, 5.41) is 22.0. The Hall–Kier alpha value is -1.64. The van der Waals surface area contributed by atoms with E-state index in [0.717, 1.165) is 0 Å². The second-order valence-electron chi connectivity index (χ2n) is 5.37. The van der Waals surface area contributed by atoms with Gasteiger partial charge in [-0.2, -0.15) is 0 Å². The first kappa shape index (κ1) is 17.4. The molecular formula is C12H19ClN4O4. The van der Waals surface area contributed by atoms with Crippen LogP contribution in [0.25, 0.3) is 0 Å². The number of amides is 1. The van der Waals surface area contributed by atoms with Gasteiger partial charge in [0, 0.05) is 6.54 Å². The van der Waals surface area contributed by atoms with Crippen molar-refractivity contribution < 1.29 is 19.7 Å². The number of hydrogen-bond acceptors (Lipinski definition) is 7. The molecule has 1 heterocycles. The Balaban J connectivity index is 2.59. The van der Waals surface area contributed by atoms with E-state index in [4.69, 9.17) is 22.1 Å². The van der Waals surface area contributed by atoms with Gasteiger partial charge >= 0.3 is 6.09 Å². The molecule has 2 atom stereocenters. The number of nitrogens with one attached hydrogen (secondary N) is 1. The summed E-state index contributed by atoms with van der Waals surface area (Å²) in [6.07, 6.45) is -2.24. The van der Waals surface area contributed by atoms with Crippen LogP contribution in [-0.4, -0.2) is 44.5 Å². The lowest BCUT2D eigenvalue weighted by Gasteiger charge is -2.22. The number of nitrogens with two attached hydrogens (primary N) is 1. The standard InChI is InChI=1S/C12H19ClN4O4/c1-12(2,3)21-11(20)16-4-6(18)9(19)8-10(13)17-7(14)5-15-8/h5-6,9,18-19H,4H2,1-3H3,(H2,14,17)(H,16,20). The predicted octanol–water partition coefficient (Wildman–Crippen LogP) is 0.631. The summed E-state index contributed by atoms with van der Waals surface area (Å²) in [6, 6.07) is 0. The molecule has 0 aliphatic carbocycles. The average Bonchev–Trinajstić information content (AvgIpc) is 2.33. The fraction of sp³-hybridized carbons (Fsp3) is 0.583. The molecule has 0 saturated carbocycles. The van der Waals surface area contributed by atoms with E-state index in [1.54, 1.807) is 20.8 Å². The summed E-state index contributed by atoms with van der Waals surface area (Å²) in [5.41, 5.74) is 4.71. The van der Waals surface area contributed by atoms with Gasteiger partial charge < -0.3 is 26.0 Å². The Morgan fingerprint density at radius 1 is 1.52 bits per heavy atom. The lowest BCUT2D eigenvalue weighted by atomic mass is 10.1. The van der Waals surface area contributed by atoms with Crippen LogP contribution < -0.4 is 11.1 Å². The summed E-state index contributed by atoms with van der Waals surface area (Å²) in [4.78, 5) is 19.0. The maximum absolute atomic E-state index is 11.4. The number of aliphatic hydroxyl groups excluding tert-OH is 2. The van der Waals surface area contributed by atoms with Gasteiger partial charge in [0.05, 0.1) is 6.20 Å². The molecule has 0 aromatic carbocycles. The van der Waals surface area contributed by atoms with Crippen molar-refractivity contribution in [2.75, 3.05) is 12.3 Å². The molecular weight excluding hydrogens is 300 g/mol. The number of nitrogen functional groups attached to an aromatic ring is 1. The molecule has 21 heavy (non-hydrogen) atoms. The van der Waals surface area contributed by atoms with E-state index >= 15 is 0 Å². The highest BCUT2D eigenvalue weighted by Gasteiger charge is 2.24. The normalized spacial score (nSPS) is 14.4. The van der Waals surface area contributed by atoms with Gasteiger partial charge in [-0.15, -0.1) is 0 Å². The van der Waals surface area contributed by atoms with Gasteiger partial charge in [0.1, 0.15) is 29.3 Å². The third-order valence-corrected chi connectivity index (χ3v) is 2.55. The number of anilines is 1. The van der Waals surface area contributed by atoms with Crippen LogP contribution in [0.3, 0.4) is 0 Å². The van der Waals surface area contributed by atoms with E-state index in [1.807, 2.05) is 0 Å². The molecule has 8 nitrogen and oxygen atoms in total. The maximum atomic E-state index is 11.4. The topological polar surface area (TPSA) is 131 Å². The van der Waals surface area contributed by atoms with Crippen LogP contribution in [-0.2, 0) is 4.74 Å². The predicted molar refractivity (Wildman–Crippen MR) is 76.7 cm³/mol. The molecule has 1 rings (SSSR count). The van der Waals surface area contributed by atoms with Crippen molar-refractivity contribution in [1.82, 2.24) is 15.3 Å². The van der Waals surface area contributed by atoms with Crippen LogP contribution in [0.2, 0.25) is 5.15 Å². The Labute approximate surface area is 127 Å². The van der Waals surface area contributed by atoms with Crippen molar-refractivity contribution in [1.29, 1.82) is 0 Å². The number of carbonyl (C=O) groups is 1. The minimum atomic E-state index is -1.42. The van der Waals surface area contributed by atoms with Crippen LogP contribution in [0.15, 0.2) is 6.20 Å². The molecule has 118 valence electrons. The molecule has 0 saturated heterocycles. The fourth-order valence-corrected chi connectivity index (χ4v) is 1.64. The first-order valence-corrected chi connectivity index (χ1v) is 6.59. The summed E-state index contributed by atoms with van der Waals surface area (Å²) in [5.74, 6) is 0.0947. The molecule has 0 fully saturated rings. The van der Waals surface area contributed by atoms with Crippen LogP contribution in [0.1, 0.15) is 32.6 Å². The molecule has 9 heteroatoms. The van der Waals surface area contributed by atoms with Gasteiger partial charge in [0.25, 0.3) is 0 Å². The van der Waals surface area contributed by atoms with E-state index in [9.17, 15) is 15.0 Å². The van der Waals surface area contributed by atoms with E-state index in [2.05, 4.69) is 15.3 Å². The summed E-state index contributed by atoms with van der Waals surface area (Å²) < 4.78 is 5.00. The quantitative estimate of drug-likeness (QED) is 0.640. The lowest BCUT2D eigenvalue weighted by molar-refractivity contribution is 0.0108. The highest BCUT2D eigenvalue weighted by Crippen LogP contribution is 2.22. The first-order valence-electron chi connectivity index (χ1n) is 6.21. The molecule has 0 bridgehead atoms. The van der Waals surface area contributed by atoms with Crippen LogP contribution in [0.4, 0.5) is 10.6 Å². The zero-order valence-corrected chi connectivity index (χ0v) is 12.8. The first-order chi connectivity index (χ1) is 9.60. The molecule has 0 aliphatic heterocycles. The van der Waals surface area contributed by atoms with Crippen molar-refractivity contribution in [2.45, 2.75) is 38.6 Å². The Morgan fingerprint density at radius 2 is 2.14 bits per heavy atom. The maximum Gasteiger partial charge on any atom is 0.407 e. The molecule has 0 radical (unpaired) electrons. The monoisotopic (exact) mass is 318 g/mol. The molecule has 0 spiro atoms. The molecule has 5 N–H and O–H groups in total. The molecule has 2 unspecified atom stereocenters. The van der Waals surface area contributed by atoms with Gasteiger partial charge in [0.15, 0.2) is 5.15 Å². The lowest BCUT2D eigenvalue weighted by Crippen LogP contribution is -2.39. The van der Waals surface area contributed by atoms with E-state index in [1.165, 1.54) is 6.20 Å². The average molecular weight is 319 g/mol. The van der Waals surface area contributed by atoms with Gasteiger partial charge in [-0.1, -0.05) is 11.6 Å². The second-order valence-corrected chi connectivity index (χ2v) is 5.72. The van der Waals surface area contributed by atoms with E-state index in [0.29, 0.717) is 0 Å². The number of halogens is 1. The van der Waals surface area contributed by atoms with Crippen molar-refractivity contribution in [3.63, 3.8) is 0 Å². The third kappa shape index (κ3) is 5.70. The van der Waals surface area contributed by atoms with Crippen LogP contribution >= 0.6 is 11.6 Å². The highest BCUT2D eigenvalue weighted by atomic mass is 35.5. The van der Waals surface area contributed by atoms with Gasteiger partial charge in [-0.3, -0.25) is 4.98 Å². The Bertz CT molecular complexity index is 507. The highest BCUT2D eigenvalue weighted by molar-refractivity contribution is 6.30. The fourth-order valence-electron chi connectivity index (χ4n) is 1.38. The van der Waals surface area contributed by atoms with Gasteiger partial charge in [-0.05, 0) is 20.8 Å². The Kier molecular flexibility index (Phi) is 5.70. The van der Waals surface area contributed by atoms with Crippen molar-refractivity contribution in [2.24, 2.45) is 0 Å². The molecule has 1 aromatic rings. The number of rotatable bonds is 4. The number of aromatic nitrogens is 2. The number of nitrogens with zero attached hydrogens (tertiary/aromatic N) is 2. The molecule has 1 aromatic heterocycles. The minimum Gasteiger partial charge on any atom is -0.444 e. The van der Waals surface area contributed by atoms with E-state index in [-0.39, 0.29) is 23.2 Å². The number of aliphatic hydroxyl groups is 2. The smallest absolute Gasteiger partial charge is 0.407 e. The summed E-state index contributed by atoms with van der Waals surface area (Å²) in [6.45, 7) is 4.89. The van der Waals surface area contributed by atoms with Gasteiger partial charge in [0.2, 0.25) is 0 Å². The van der Waals surface area contributed by atoms with Crippen molar-refractivity contribution in [3.8, 4) is 0 Å². The number of alkyl carbamates (subject to hydrolysis) is 1. The SMILES string of the molecule is CC(C)(C)OC(=O)NCC(O)C(O)c1ncc(N)nc1Cl. The van der Waals surface area contributed by atoms with E-state index < -0.39 is 23.9 Å². The third-order valence-electron chi connectivity index (χ3n) is 2.27. The summed E-state index contributed by atoms with van der Waals surface area (Å²) >= 11 is 5.78. The zero-order valence-electron chi connectivity index (χ0n) is 12.0. The number of hydrogen-bond donors (Lipinski definition) is 4.